The molecule has 2 heterocycles. The van der Waals surface area contributed by atoms with Crippen LogP contribution in [0.4, 0.5) is 5.69 Å². The Balaban J connectivity index is 1.93. The first kappa shape index (κ1) is 20.5. The molecule has 1 atom stereocenters. The van der Waals surface area contributed by atoms with Crippen molar-refractivity contribution in [2.24, 2.45) is 0 Å². The van der Waals surface area contributed by atoms with Crippen molar-refractivity contribution in [2.45, 2.75) is 6.04 Å². The molecule has 4 rings (SSSR count). The molecule has 0 spiro atoms. The van der Waals surface area contributed by atoms with Gasteiger partial charge >= 0.3 is 0 Å². The molecule has 158 valence electrons. The number of ketones is 1. The van der Waals surface area contributed by atoms with Gasteiger partial charge in [0.2, 0.25) is 0 Å². The van der Waals surface area contributed by atoms with E-state index in [0.717, 1.165) is 0 Å². The summed E-state index contributed by atoms with van der Waals surface area (Å²) in [6.45, 7) is 0. The number of nitrogens with zero attached hydrogens (tertiary/aromatic N) is 1. The molecule has 31 heavy (non-hydrogen) atoms. The van der Waals surface area contributed by atoms with Gasteiger partial charge in [0.25, 0.3) is 11.7 Å². The number of rotatable bonds is 5. The molecule has 1 saturated heterocycles. The molecule has 7 nitrogen and oxygen atoms in total. The molecule has 1 aliphatic heterocycles. The second-order valence-electron chi connectivity index (χ2n) is 6.74. The van der Waals surface area contributed by atoms with Gasteiger partial charge in [0.15, 0.2) is 11.5 Å². The van der Waals surface area contributed by atoms with E-state index in [1.165, 1.54) is 42.6 Å². The van der Waals surface area contributed by atoms with Crippen LogP contribution in [0, 0.1) is 0 Å². The standard InChI is InChI=1S/C23H19NO6S/c1-29-16-10-9-13(12-17(16)30-2)21(26)19-20(18-8-5-11-31-18)24(23(28)22(19)27)14-6-3-4-7-15(14)25/h3-12,20,25-26H,1-2H3/b21-19-. The van der Waals surface area contributed by atoms with E-state index in [2.05, 4.69) is 0 Å². The second kappa shape index (κ2) is 8.16. The first-order valence-corrected chi connectivity index (χ1v) is 10.2. The van der Waals surface area contributed by atoms with Gasteiger partial charge in [-0.15, -0.1) is 11.3 Å². The van der Waals surface area contributed by atoms with Crippen LogP contribution in [0.3, 0.4) is 0 Å². The number of hydrogen-bond donors (Lipinski definition) is 2. The highest BCUT2D eigenvalue weighted by atomic mass is 32.1. The van der Waals surface area contributed by atoms with Crippen molar-refractivity contribution >= 4 is 34.5 Å². The molecule has 1 fully saturated rings. The number of anilines is 1. The number of amides is 1. The van der Waals surface area contributed by atoms with Crippen LogP contribution in [0.2, 0.25) is 0 Å². The predicted octanol–water partition coefficient (Wildman–Crippen LogP) is 4.10. The third-order valence-corrected chi connectivity index (χ3v) is 5.98. The van der Waals surface area contributed by atoms with Crippen molar-refractivity contribution in [2.75, 3.05) is 19.1 Å². The Morgan fingerprint density at radius 2 is 1.74 bits per heavy atom. The molecule has 2 N–H and O–H groups in total. The van der Waals surface area contributed by atoms with Crippen LogP contribution in [0.25, 0.3) is 5.76 Å². The van der Waals surface area contributed by atoms with E-state index in [4.69, 9.17) is 9.47 Å². The molecule has 0 aliphatic carbocycles. The van der Waals surface area contributed by atoms with Gasteiger partial charge in [0, 0.05) is 10.4 Å². The zero-order valence-corrected chi connectivity index (χ0v) is 17.6. The average Bonchev–Trinajstić information content (AvgIpc) is 3.40. The van der Waals surface area contributed by atoms with Gasteiger partial charge in [-0.25, -0.2) is 0 Å². The van der Waals surface area contributed by atoms with Crippen molar-refractivity contribution < 1.29 is 29.3 Å². The Kier molecular flexibility index (Phi) is 5.39. The number of Topliss-reactive ketones (excluding diaryl/α,β-unsaturated/α-hetero) is 1. The number of aliphatic hydroxyl groups excluding tert-OH is 1. The highest BCUT2D eigenvalue weighted by Gasteiger charge is 2.48. The average molecular weight is 437 g/mol. The van der Waals surface area contributed by atoms with E-state index < -0.39 is 17.7 Å². The minimum Gasteiger partial charge on any atom is -0.507 e. The highest BCUT2D eigenvalue weighted by molar-refractivity contribution is 7.10. The molecule has 1 aromatic heterocycles. The van der Waals surface area contributed by atoms with Crippen LogP contribution in [-0.4, -0.2) is 36.1 Å². The lowest BCUT2D eigenvalue weighted by atomic mass is 9.99. The van der Waals surface area contributed by atoms with E-state index in [0.29, 0.717) is 21.9 Å². The molecule has 2 aromatic carbocycles. The van der Waals surface area contributed by atoms with Crippen LogP contribution in [0.1, 0.15) is 16.5 Å². The maximum absolute atomic E-state index is 13.1. The maximum atomic E-state index is 13.1. The number of phenols is 1. The summed E-state index contributed by atoms with van der Waals surface area (Å²) in [7, 11) is 2.95. The van der Waals surface area contributed by atoms with Gasteiger partial charge in [0.05, 0.1) is 25.5 Å². The minimum atomic E-state index is -0.888. The lowest BCUT2D eigenvalue weighted by Crippen LogP contribution is -2.29. The molecular weight excluding hydrogens is 418 g/mol. The number of ether oxygens (including phenoxy) is 2. The predicted molar refractivity (Wildman–Crippen MR) is 117 cm³/mol. The van der Waals surface area contributed by atoms with Crippen LogP contribution in [0.5, 0.6) is 17.2 Å². The zero-order chi connectivity index (χ0) is 22.1. The number of methoxy groups -OCH3 is 2. The smallest absolute Gasteiger partial charge is 0.300 e. The van der Waals surface area contributed by atoms with Crippen LogP contribution in [-0.2, 0) is 9.59 Å². The normalized spacial score (nSPS) is 17.7. The summed E-state index contributed by atoms with van der Waals surface area (Å²) >= 11 is 1.34. The minimum absolute atomic E-state index is 0.0667. The lowest BCUT2D eigenvalue weighted by molar-refractivity contribution is -0.132. The molecule has 1 unspecified atom stereocenters. The van der Waals surface area contributed by atoms with E-state index in [1.54, 1.807) is 42.5 Å². The Morgan fingerprint density at radius 1 is 1.00 bits per heavy atom. The zero-order valence-electron chi connectivity index (χ0n) is 16.7. The number of phenolic OH excluding ortho intramolecular Hbond substituents is 1. The van der Waals surface area contributed by atoms with Gasteiger partial charge in [-0.1, -0.05) is 18.2 Å². The fraction of sp³-hybridized carbons (Fsp3) is 0.130. The molecule has 1 aliphatic rings. The summed E-state index contributed by atoms with van der Waals surface area (Å²) in [6.07, 6.45) is 0. The third-order valence-electron chi connectivity index (χ3n) is 5.06. The summed E-state index contributed by atoms with van der Waals surface area (Å²) in [5, 5.41) is 23.3. The number of hydrogen-bond acceptors (Lipinski definition) is 7. The summed E-state index contributed by atoms with van der Waals surface area (Å²) in [5.41, 5.74) is 0.423. The Labute approximate surface area is 182 Å². The second-order valence-corrected chi connectivity index (χ2v) is 7.72. The van der Waals surface area contributed by atoms with E-state index >= 15 is 0 Å². The van der Waals surface area contributed by atoms with Crippen molar-refractivity contribution in [3.63, 3.8) is 0 Å². The monoisotopic (exact) mass is 437 g/mol. The molecule has 0 bridgehead atoms. The van der Waals surface area contributed by atoms with E-state index in [9.17, 15) is 19.8 Å². The third kappa shape index (κ3) is 3.40. The number of benzene rings is 2. The van der Waals surface area contributed by atoms with Gasteiger partial charge < -0.3 is 19.7 Å². The molecular formula is C23H19NO6S. The van der Waals surface area contributed by atoms with Gasteiger partial charge in [0.1, 0.15) is 17.6 Å². The Morgan fingerprint density at radius 3 is 2.39 bits per heavy atom. The Hall–Kier alpha value is -3.78. The summed E-state index contributed by atoms with van der Waals surface area (Å²) in [6, 6.07) is 13.7. The Bertz CT molecular complexity index is 1180. The van der Waals surface area contributed by atoms with E-state index in [1.807, 2.05) is 5.38 Å². The molecule has 3 aromatic rings. The summed E-state index contributed by atoms with van der Waals surface area (Å²) in [4.78, 5) is 28.0. The number of para-hydroxylation sites is 2. The fourth-order valence-corrected chi connectivity index (χ4v) is 4.43. The summed E-state index contributed by atoms with van der Waals surface area (Å²) < 4.78 is 10.5. The van der Waals surface area contributed by atoms with Gasteiger partial charge in [-0.3, -0.25) is 14.5 Å². The van der Waals surface area contributed by atoms with Crippen molar-refractivity contribution in [3.05, 3.63) is 76.0 Å². The SMILES string of the molecule is COc1ccc(/C(O)=C2/C(=O)C(=O)N(c3ccccc3O)C2c2cccs2)cc1OC. The summed E-state index contributed by atoms with van der Waals surface area (Å²) in [5.74, 6) is -1.32. The molecule has 0 saturated carbocycles. The van der Waals surface area contributed by atoms with Crippen LogP contribution in [0.15, 0.2) is 65.6 Å². The topological polar surface area (TPSA) is 96.3 Å². The molecule has 1 amide bonds. The van der Waals surface area contributed by atoms with Crippen molar-refractivity contribution in [1.82, 2.24) is 0 Å². The number of carbonyl (C=O) groups excluding carboxylic acids is 2. The van der Waals surface area contributed by atoms with Gasteiger partial charge in [-0.2, -0.15) is 0 Å². The number of aliphatic hydroxyl groups is 1. The molecule has 8 heteroatoms. The molecule has 0 radical (unpaired) electrons. The quantitative estimate of drug-likeness (QED) is 0.354. The largest absolute Gasteiger partial charge is 0.507 e. The van der Waals surface area contributed by atoms with Crippen molar-refractivity contribution in [1.29, 1.82) is 0 Å². The van der Waals surface area contributed by atoms with E-state index in [-0.39, 0.29) is 22.8 Å². The first-order chi connectivity index (χ1) is 15.0. The highest BCUT2D eigenvalue weighted by Crippen LogP contribution is 2.46. The van der Waals surface area contributed by atoms with Crippen molar-refractivity contribution in [3.8, 4) is 17.2 Å². The maximum Gasteiger partial charge on any atom is 0.300 e. The number of thiophene rings is 1. The van der Waals surface area contributed by atoms with Crippen LogP contribution >= 0.6 is 11.3 Å². The number of carbonyl (C=O) groups is 2. The number of aromatic hydroxyl groups is 1. The lowest BCUT2D eigenvalue weighted by Gasteiger charge is -2.24. The van der Waals surface area contributed by atoms with Crippen LogP contribution < -0.4 is 14.4 Å². The van der Waals surface area contributed by atoms with Gasteiger partial charge in [-0.05, 0) is 41.8 Å². The first-order valence-electron chi connectivity index (χ1n) is 9.32. The fourth-order valence-electron chi connectivity index (χ4n) is 3.60.